The van der Waals surface area contributed by atoms with Gasteiger partial charge >= 0.3 is 11.9 Å². The molecule has 0 amide bonds. The number of dihydropyridines is 1. The molecule has 0 bridgehead atoms. The first-order valence-corrected chi connectivity index (χ1v) is 15.8. The second-order valence-corrected chi connectivity index (χ2v) is 15.3. The van der Waals surface area contributed by atoms with Gasteiger partial charge in [-0.25, -0.2) is 9.59 Å². The Morgan fingerprint density at radius 3 is 1.60 bits per heavy atom. The van der Waals surface area contributed by atoms with E-state index in [-0.39, 0.29) is 35.9 Å². The van der Waals surface area contributed by atoms with E-state index in [0.29, 0.717) is 17.0 Å². The molecule has 8 nitrogen and oxygen atoms in total. The minimum Gasteiger partial charge on any atom is -0.460 e. The Morgan fingerprint density at radius 1 is 0.744 bits per heavy atom. The standard InChI is InChI=1S/C33H34N2O6Si2/c1-21-27(30(36)40-32(3,4)42-25-16-9-7-10-17-25)29(23-14-13-15-24(20-23)35(38)39)28(22(2)34-21)31(37)41-33(5,6)43-26-18-11-8-12-19-26/h7-20,29,34H,1-6H3. The third-order valence-corrected chi connectivity index (χ3v) is 9.40. The number of nitrogens with zero attached hydrogens (tertiary/aromatic N) is 1. The molecule has 1 heterocycles. The highest BCUT2D eigenvalue weighted by Crippen LogP contribution is 2.41. The minimum absolute atomic E-state index is 0.149. The number of hydrogen-bond donors (Lipinski definition) is 1. The third-order valence-electron chi connectivity index (χ3n) is 6.75. The molecular formula is C33H34N2O6Si2. The van der Waals surface area contributed by atoms with Gasteiger partial charge in [0.15, 0.2) is 0 Å². The number of allylic oxidation sites excluding steroid dienone is 2. The van der Waals surface area contributed by atoms with Crippen LogP contribution in [0.3, 0.4) is 0 Å². The van der Waals surface area contributed by atoms with Gasteiger partial charge in [0.05, 0.1) is 32.4 Å². The zero-order valence-corrected chi connectivity index (χ0v) is 27.1. The van der Waals surface area contributed by atoms with Gasteiger partial charge < -0.3 is 14.8 Å². The van der Waals surface area contributed by atoms with Gasteiger partial charge in [-0.2, -0.15) is 0 Å². The number of benzene rings is 3. The third kappa shape index (κ3) is 7.96. The molecule has 220 valence electrons. The van der Waals surface area contributed by atoms with Crippen LogP contribution >= 0.6 is 0 Å². The molecule has 0 spiro atoms. The molecule has 0 unspecified atom stereocenters. The number of nitrogens with one attached hydrogen (secondary N) is 1. The molecule has 0 aliphatic carbocycles. The lowest BCUT2D eigenvalue weighted by Gasteiger charge is -2.34. The lowest BCUT2D eigenvalue weighted by molar-refractivity contribution is -0.384. The molecule has 4 rings (SSSR count). The number of esters is 2. The number of ether oxygens (including phenoxy) is 2. The van der Waals surface area contributed by atoms with Crippen molar-refractivity contribution in [2.24, 2.45) is 0 Å². The number of nitro benzene ring substituents is 1. The molecule has 3 aromatic rings. The van der Waals surface area contributed by atoms with E-state index in [9.17, 15) is 19.7 Å². The van der Waals surface area contributed by atoms with Crippen LogP contribution in [0.15, 0.2) is 107 Å². The minimum atomic E-state index is -0.951. The summed E-state index contributed by atoms with van der Waals surface area (Å²) >= 11 is 0. The van der Waals surface area contributed by atoms with Crippen molar-refractivity contribution in [3.05, 3.63) is 123 Å². The van der Waals surface area contributed by atoms with E-state index in [1.54, 1.807) is 26.0 Å². The fraction of sp³-hybridized carbons (Fsp3) is 0.273. The van der Waals surface area contributed by atoms with Gasteiger partial charge in [-0.1, -0.05) is 83.2 Å². The fourth-order valence-electron chi connectivity index (χ4n) is 5.05. The van der Waals surface area contributed by atoms with Gasteiger partial charge in [-0.3, -0.25) is 10.1 Å². The van der Waals surface area contributed by atoms with Gasteiger partial charge in [0.2, 0.25) is 0 Å². The number of nitro groups is 1. The van der Waals surface area contributed by atoms with E-state index in [0.717, 1.165) is 10.4 Å². The summed E-state index contributed by atoms with van der Waals surface area (Å²) in [4.78, 5) is 39.2. The number of non-ortho nitro benzene ring substituents is 1. The van der Waals surface area contributed by atoms with Gasteiger partial charge in [0.25, 0.3) is 5.69 Å². The molecule has 0 saturated carbocycles. The maximum atomic E-state index is 14.0. The number of carbonyl (C=O) groups is 2. The van der Waals surface area contributed by atoms with Crippen molar-refractivity contribution in [2.75, 3.05) is 0 Å². The lowest BCUT2D eigenvalue weighted by atomic mass is 9.80. The SMILES string of the molecule is CC1=C(C(=O)OC(C)(C)[Si]c2ccccc2)C(c2cccc([N+](=O)[O-])c2)C(C(=O)OC(C)(C)[Si]c2ccccc2)=C(C)N1. The molecule has 1 aliphatic rings. The first-order valence-electron chi connectivity index (χ1n) is 13.8. The Bertz CT molecular complexity index is 1490. The summed E-state index contributed by atoms with van der Waals surface area (Å²) in [5.74, 6) is -2.18. The van der Waals surface area contributed by atoms with Crippen LogP contribution in [0.5, 0.6) is 0 Å². The molecule has 4 radical (unpaired) electrons. The topological polar surface area (TPSA) is 108 Å². The van der Waals surface area contributed by atoms with E-state index < -0.39 is 33.2 Å². The predicted octanol–water partition coefficient (Wildman–Crippen LogP) is 4.45. The molecule has 3 aromatic carbocycles. The Morgan fingerprint density at radius 2 is 1.19 bits per heavy atom. The molecule has 0 atom stereocenters. The first kappa shape index (κ1) is 31.6. The second-order valence-electron chi connectivity index (χ2n) is 11.3. The van der Waals surface area contributed by atoms with Crippen molar-refractivity contribution in [2.45, 2.75) is 57.9 Å². The smallest absolute Gasteiger partial charge is 0.336 e. The molecule has 1 N–H and O–H groups in total. The van der Waals surface area contributed by atoms with Crippen molar-refractivity contribution in [1.82, 2.24) is 5.32 Å². The van der Waals surface area contributed by atoms with Crippen LogP contribution < -0.4 is 15.7 Å². The number of carbonyl (C=O) groups excluding carboxylic acids is 2. The molecular weight excluding hydrogens is 577 g/mol. The summed E-state index contributed by atoms with van der Waals surface area (Å²) < 4.78 is 12.2. The quantitative estimate of drug-likeness (QED) is 0.156. The van der Waals surface area contributed by atoms with Crippen molar-refractivity contribution in [3.8, 4) is 0 Å². The van der Waals surface area contributed by atoms with E-state index >= 15 is 0 Å². The van der Waals surface area contributed by atoms with E-state index in [4.69, 9.17) is 9.47 Å². The van der Waals surface area contributed by atoms with Crippen molar-refractivity contribution >= 4 is 47.0 Å². The predicted molar refractivity (Wildman–Crippen MR) is 168 cm³/mol. The maximum Gasteiger partial charge on any atom is 0.336 e. The van der Waals surface area contributed by atoms with Crippen LogP contribution in [0.1, 0.15) is 53.0 Å². The van der Waals surface area contributed by atoms with Gasteiger partial charge in [0, 0.05) is 23.5 Å². The van der Waals surface area contributed by atoms with Crippen LogP contribution in [-0.2, 0) is 19.1 Å². The van der Waals surface area contributed by atoms with Crippen molar-refractivity contribution in [3.63, 3.8) is 0 Å². The fourth-order valence-corrected chi connectivity index (χ4v) is 7.45. The first-order chi connectivity index (χ1) is 20.3. The Balaban J connectivity index is 1.72. The van der Waals surface area contributed by atoms with E-state index in [2.05, 4.69) is 5.32 Å². The second kappa shape index (κ2) is 12.9. The molecule has 0 fully saturated rings. The zero-order valence-electron chi connectivity index (χ0n) is 25.1. The van der Waals surface area contributed by atoms with Crippen LogP contribution in [-0.4, -0.2) is 46.3 Å². The summed E-state index contributed by atoms with van der Waals surface area (Å²) in [6.07, 6.45) is 0. The monoisotopic (exact) mass is 610 g/mol. The summed E-state index contributed by atoms with van der Waals surface area (Å²) in [6, 6.07) is 25.5. The van der Waals surface area contributed by atoms with E-state index in [1.165, 1.54) is 12.1 Å². The average Bonchev–Trinajstić information content (AvgIpc) is 2.92. The average molecular weight is 611 g/mol. The Kier molecular flexibility index (Phi) is 9.51. The molecule has 1 aliphatic heterocycles. The molecule has 0 aromatic heterocycles. The van der Waals surface area contributed by atoms with Crippen LogP contribution in [0.4, 0.5) is 5.69 Å². The largest absolute Gasteiger partial charge is 0.460 e. The van der Waals surface area contributed by atoms with E-state index in [1.807, 2.05) is 88.4 Å². The van der Waals surface area contributed by atoms with Crippen LogP contribution in [0.25, 0.3) is 0 Å². The molecule has 43 heavy (non-hydrogen) atoms. The number of hydrogen-bond acceptors (Lipinski definition) is 7. The maximum absolute atomic E-state index is 14.0. The molecule has 10 heteroatoms. The Hall–Kier alpha value is -4.29. The van der Waals surface area contributed by atoms with Crippen molar-refractivity contribution < 1.29 is 24.0 Å². The summed E-state index contributed by atoms with van der Waals surface area (Å²) in [6.45, 7) is 10.8. The number of rotatable bonds is 10. The normalized spacial score (nSPS) is 14.3. The van der Waals surface area contributed by atoms with Gasteiger partial charge in [0.1, 0.15) is 19.0 Å². The van der Waals surface area contributed by atoms with Crippen LogP contribution in [0.2, 0.25) is 0 Å². The summed E-state index contributed by atoms with van der Waals surface area (Å²) in [5.41, 5.74) is 1.67. The Labute approximate surface area is 257 Å². The highest BCUT2D eigenvalue weighted by atomic mass is 28.2. The zero-order chi connectivity index (χ0) is 31.4. The van der Waals surface area contributed by atoms with Crippen molar-refractivity contribution in [1.29, 1.82) is 0 Å². The highest BCUT2D eigenvalue weighted by molar-refractivity contribution is 6.57. The summed E-state index contributed by atoms with van der Waals surface area (Å²) in [5, 5.41) is 15.2. The van der Waals surface area contributed by atoms with Gasteiger partial charge in [-0.15, -0.1) is 0 Å². The highest BCUT2D eigenvalue weighted by Gasteiger charge is 2.41. The lowest BCUT2D eigenvalue weighted by Crippen LogP contribution is -2.44. The van der Waals surface area contributed by atoms with Gasteiger partial charge in [-0.05, 0) is 47.1 Å². The molecule has 0 saturated heterocycles. The summed E-state index contributed by atoms with van der Waals surface area (Å²) in [7, 11) is 0.336. The van der Waals surface area contributed by atoms with Crippen LogP contribution in [0, 0.1) is 10.1 Å².